The number of nitrogens with zero attached hydrogens (tertiary/aromatic N) is 1. The molecule has 6 heteroatoms. The van der Waals surface area contributed by atoms with E-state index in [9.17, 15) is 4.39 Å². The van der Waals surface area contributed by atoms with E-state index in [0.717, 1.165) is 26.0 Å². The molecule has 1 aromatic rings. The Morgan fingerprint density at radius 3 is 3.00 bits per heavy atom. The van der Waals surface area contributed by atoms with Gasteiger partial charge < -0.3 is 15.4 Å². The molecule has 1 unspecified atom stereocenters. The van der Waals surface area contributed by atoms with E-state index in [1.54, 1.807) is 19.2 Å². The third-order valence-corrected chi connectivity index (χ3v) is 3.83. The molecule has 2 N–H and O–H groups in total. The highest BCUT2D eigenvalue weighted by molar-refractivity contribution is 6.31. The van der Waals surface area contributed by atoms with Crippen molar-refractivity contribution in [2.75, 3.05) is 26.7 Å². The molecule has 0 aromatic heterocycles. The Bertz CT molecular complexity index is 470. The summed E-state index contributed by atoms with van der Waals surface area (Å²) in [7, 11) is 1.71. The smallest absolute Gasteiger partial charge is 0.191 e. The summed E-state index contributed by atoms with van der Waals surface area (Å²) in [4.78, 5) is 4.14. The summed E-state index contributed by atoms with van der Waals surface area (Å²) in [5, 5.41) is 6.83. The molecule has 0 amide bonds. The average Bonchev–Trinajstić information content (AvgIpc) is 2.98. The summed E-state index contributed by atoms with van der Waals surface area (Å²) in [6, 6.07) is 4.73. The minimum absolute atomic E-state index is 0.254. The second-order valence-corrected chi connectivity index (χ2v) is 5.37. The zero-order chi connectivity index (χ0) is 15.1. The number of guanidine groups is 1. The zero-order valence-electron chi connectivity index (χ0n) is 12.2. The van der Waals surface area contributed by atoms with Crippen LogP contribution in [0.5, 0.6) is 0 Å². The molecule has 116 valence electrons. The molecule has 1 saturated heterocycles. The maximum Gasteiger partial charge on any atom is 0.191 e. The van der Waals surface area contributed by atoms with Gasteiger partial charge in [0.1, 0.15) is 5.82 Å². The quantitative estimate of drug-likeness (QED) is 0.648. The van der Waals surface area contributed by atoms with Gasteiger partial charge >= 0.3 is 0 Å². The monoisotopic (exact) mass is 313 g/mol. The Labute approximate surface area is 129 Å². The van der Waals surface area contributed by atoms with Crippen molar-refractivity contribution in [1.82, 2.24) is 10.6 Å². The van der Waals surface area contributed by atoms with Crippen LogP contribution in [0.1, 0.15) is 18.4 Å². The van der Waals surface area contributed by atoms with Gasteiger partial charge in [-0.1, -0.05) is 17.7 Å². The molecule has 0 radical (unpaired) electrons. The average molecular weight is 314 g/mol. The molecule has 0 spiro atoms. The van der Waals surface area contributed by atoms with Crippen LogP contribution in [0.25, 0.3) is 0 Å². The van der Waals surface area contributed by atoms with Gasteiger partial charge in [0.05, 0.1) is 6.10 Å². The van der Waals surface area contributed by atoms with Crippen molar-refractivity contribution in [1.29, 1.82) is 0 Å². The lowest BCUT2D eigenvalue weighted by Gasteiger charge is -2.15. The van der Waals surface area contributed by atoms with Gasteiger partial charge in [0.15, 0.2) is 5.96 Å². The normalized spacial score (nSPS) is 18.8. The fourth-order valence-corrected chi connectivity index (χ4v) is 2.57. The van der Waals surface area contributed by atoms with E-state index in [0.29, 0.717) is 29.5 Å². The van der Waals surface area contributed by atoms with E-state index < -0.39 is 0 Å². The fraction of sp³-hybridized carbons (Fsp3) is 0.533. The summed E-state index contributed by atoms with van der Waals surface area (Å²) in [6.45, 7) is 2.14. The van der Waals surface area contributed by atoms with Crippen LogP contribution in [-0.2, 0) is 11.2 Å². The molecule has 1 aliphatic rings. The van der Waals surface area contributed by atoms with E-state index in [2.05, 4.69) is 15.6 Å². The molecule has 21 heavy (non-hydrogen) atoms. The molecule has 0 saturated carbocycles. The first-order chi connectivity index (χ1) is 10.2. The zero-order valence-corrected chi connectivity index (χ0v) is 12.9. The van der Waals surface area contributed by atoms with Crippen molar-refractivity contribution in [2.24, 2.45) is 4.99 Å². The molecule has 1 fully saturated rings. The highest BCUT2D eigenvalue weighted by atomic mass is 35.5. The van der Waals surface area contributed by atoms with Gasteiger partial charge in [0, 0.05) is 37.3 Å². The highest BCUT2D eigenvalue weighted by Crippen LogP contribution is 2.18. The minimum atomic E-state index is -0.272. The highest BCUT2D eigenvalue weighted by Gasteiger charge is 2.15. The first-order valence-electron chi connectivity index (χ1n) is 7.19. The van der Waals surface area contributed by atoms with Crippen LogP contribution in [0.15, 0.2) is 23.2 Å². The van der Waals surface area contributed by atoms with Crippen molar-refractivity contribution in [3.05, 3.63) is 34.6 Å². The number of ether oxygens (including phenoxy) is 1. The van der Waals surface area contributed by atoms with Crippen LogP contribution < -0.4 is 10.6 Å². The predicted octanol–water partition coefficient (Wildman–Crippen LogP) is 2.37. The molecule has 0 bridgehead atoms. The lowest BCUT2D eigenvalue weighted by atomic mass is 10.1. The van der Waals surface area contributed by atoms with Crippen LogP contribution in [0.2, 0.25) is 5.02 Å². The molecule has 1 heterocycles. The van der Waals surface area contributed by atoms with Crippen molar-refractivity contribution < 1.29 is 9.13 Å². The van der Waals surface area contributed by atoms with Crippen molar-refractivity contribution >= 4 is 17.6 Å². The van der Waals surface area contributed by atoms with E-state index in [1.807, 2.05) is 0 Å². The second-order valence-electron chi connectivity index (χ2n) is 4.97. The Morgan fingerprint density at radius 2 is 2.33 bits per heavy atom. The Hall–Kier alpha value is -1.33. The van der Waals surface area contributed by atoms with Crippen molar-refractivity contribution in [2.45, 2.75) is 25.4 Å². The van der Waals surface area contributed by atoms with Crippen molar-refractivity contribution in [3.63, 3.8) is 0 Å². The summed E-state index contributed by atoms with van der Waals surface area (Å²) in [5.74, 6) is 0.421. The maximum absolute atomic E-state index is 13.6. The summed E-state index contributed by atoms with van der Waals surface area (Å²) < 4.78 is 19.2. The fourth-order valence-electron chi connectivity index (χ4n) is 2.31. The third kappa shape index (κ3) is 4.86. The van der Waals surface area contributed by atoms with Gasteiger partial charge in [-0.15, -0.1) is 0 Å². The number of benzene rings is 1. The maximum atomic E-state index is 13.6. The van der Waals surface area contributed by atoms with E-state index in [-0.39, 0.29) is 11.9 Å². The second kappa shape index (κ2) is 8.20. The standard InChI is InChI=1S/C15H21ClFN3O/c1-18-15(20-10-11-4-3-9-21-11)19-8-7-12-13(16)5-2-6-14(12)17/h2,5-6,11H,3-4,7-10H2,1H3,(H2,18,19,20). The SMILES string of the molecule is CN=C(NCCc1c(F)cccc1Cl)NCC1CCCO1. The first-order valence-corrected chi connectivity index (χ1v) is 7.57. The molecule has 2 rings (SSSR count). The number of halogens is 2. The predicted molar refractivity (Wildman–Crippen MR) is 83.5 cm³/mol. The molecule has 4 nitrogen and oxygen atoms in total. The first kappa shape index (κ1) is 16.0. The van der Waals surface area contributed by atoms with Crippen LogP contribution >= 0.6 is 11.6 Å². The number of hydrogen-bond acceptors (Lipinski definition) is 2. The largest absolute Gasteiger partial charge is 0.376 e. The van der Waals surface area contributed by atoms with Crippen molar-refractivity contribution in [3.8, 4) is 0 Å². The van der Waals surface area contributed by atoms with E-state index >= 15 is 0 Å². The summed E-state index contributed by atoms with van der Waals surface area (Å²) in [6.07, 6.45) is 2.95. The Kier molecular flexibility index (Phi) is 6.26. The number of rotatable bonds is 5. The summed E-state index contributed by atoms with van der Waals surface area (Å²) in [5.41, 5.74) is 0.529. The van der Waals surface area contributed by atoms with Gasteiger partial charge in [0.25, 0.3) is 0 Å². The van der Waals surface area contributed by atoms with Gasteiger partial charge in [-0.3, -0.25) is 4.99 Å². The molecule has 1 atom stereocenters. The Morgan fingerprint density at radius 1 is 1.48 bits per heavy atom. The van der Waals surface area contributed by atoms with Crippen LogP contribution in [0.4, 0.5) is 4.39 Å². The van der Waals surface area contributed by atoms with Gasteiger partial charge in [0.2, 0.25) is 0 Å². The van der Waals surface area contributed by atoms with Gasteiger partial charge in [-0.05, 0) is 31.4 Å². The van der Waals surface area contributed by atoms with E-state index in [1.165, 1.54) is 6.07 Å². The minimum Gasteiger partial charge on any atom is -0.376 e. The number of nitrogens with one attached hydrogen (secondary N) is 2. The molecule has 1 aromatic carbocycles. The molecular weight excluding hydrogens is 293 g/mol. The summed E-state index contributed by atoms with van der Waals surface area (Å²) >= 11 is 6.00. The van der Waals surface area contributed by atoms with Crippen LogP contribution in [0, 0.1) is 5.82 Å². The molecule has 1 aliphatic heterocycles. The molecular formula is C15H21ClFN3O. The Balaban J connectivity index is 1.75. The van der Waals surface area contributed by atoms with Crippen LogP contribution in [0.3, 0.4) is 0 Å². The third-order valence-electron chi connectivity index (χ3n) is 3.47. The number of hydrogen-bond donors (Lipinski definition) is 2. The topological polar surface area (TPSA) is 45.7 Å². The lowest BCUT2D eigenvalue weighted by molar-refractivity contribution is 0.114. The van der Waals surface area contributed by atoms with E-state index in [4.69, 9.17) is 16.3 Å². The molecule has 0 aliphatic carbocycles. The lowest BCUT2D eigenvalue weighted by Crippen LogP contribution is -2.41. The van der Waals surface area contributed by atoms with Gasteiger partial charge in [-0.25, -0.2) is 4.39 Å². The van der Waals surface area contributed by atoms with Crippen LogP contribution in [-0.4, -0.2) is 38.8 Å². The van der Waals surface area contributed by atoms with Gasteiger partial charge in [-0.2, -0.15) is 0 Å². The number of aliphatic imine (C=N–C) groups is 1.